The summed E-state index contributed by atoms with van der Waals surface area (Å²) >= 11 is 5.94. The second-order valence-electron chi connectivity index (χ2n) is 5.75. The van der Waals surface area contributed by atoms with E-state index in [4.69, 9.17) is 25.8 Å². The average Bonchev–Trinajstić information content (AvgIpc) is 2.94. The molecule has 29 heavy (non-hydrogen) atoms. The maximum Gasteiger partial charge on any atom is 0.355 e. The van der Waals surface area contributed by atoms with Crippen molar-refractivity contribution in [3.8, 4) is 11.4 Å². The Hall–Kier alpha value is -2.53. The van der Waals surface area contributed by atoms with Gasteiger partial charge in [-0.05, 0) is 26.8 Å². The van der Waals surface area contributed by atoms with E-state index in [1.165, 1.54) is 13.8 Å². The van der Waals surface area contributed by atoms with Gasteiger partial charge in [-0.25, -0.2) is 18.5 Å². The van der Waals surface area contributed by atoms with E-state index >= 15 is 0 Å². The van der Waals surface area contributed by atoms with Crippen LogP contribution in [0, 0.1) is 12.7 Å². The van der Waals surface area contributed by atoms with Gasteiger partial charge in [0, 0.05) is 12.7 Å². The third-order valence-corrected chi connectivity index (χ3v) is 4.01. The molecule has 0 spiro atoms. The zero-order chi connectivity index (χ0) is 21.7. The molecule has 1 aromatic heterocycles. The number of esters is 1. The minimum Gasteiger partial charge on any atom is -0.477 e. The number of halogens is 4. The molecule has 0 amide bonds. The Morgan fingerprint density at radius 3 is 2.59 bits per heavy atom. The number of hydrogen-bond donors (Lipinski definition) is 0. The summed E-state index contributed by atoms with van der Waals surface area (Å²) in [5.41, 5.74) is -1.71. The van der Waals surface area contributed by atoms with Gasteiger partial charge in [0.15, 0.2) is 11.9 Å². The fraction of sp³-hybridized carbons (Fsp3) is 0.471. The summed E-state index contributed by atoms with van der Waals surface area (Å²) in [4.78, 5) is 24.1. The van der Waals surface area contributed by atoms with Gasteiger partial charge in [-0.3, -0.25) is 0 Å². The van der Waals surface area contributed by atoms with E-state index in [2.05, 4.69) is 5.10 Å². The fourth-order valence-electron chi connectivity index (χ4n) is 2.33. The molecule has 0 saturated heterocycles. The van der Waals surface area contributed by atoms with Crippen molar-refractivity contribution in [1.82, 2.24) is 14.3 Å². The predicted molar refractivity (Wildman–Crippen MR) is 96.3 cm³/mol. The van der Waals surface area contributed by atoms with Gasteiger partial charge in [0.1, 0.15) is 23.9 Å². The van der Waals surface area contributed by atoms with Crippen LogP contribution in [0.1, 0.15) is 26.2 Å². The molecule has 0 fully saturated rings. The normalized spacial score (nSPS) is 12.3. The van der Waals surface area contributed by atoms with Gasteiger partial charge in [-0.15, -0.1) is 5.10 Å². The van der Waals surface area contributed by atoms with Crippen LogP contribution in [0.3, 0.4) is 0 Å². The molecular weight excluding hydrogens is 419 g/mol. The molecule has 12 heteroatoms. The van der Waals surface area contributed by atoms with Crippen LogP contribution in [0.25, 0.3) is 5.69 Å². The van der Waals surface area contributed by atoms with Gasteiger partial charge in [-0.2, -0.15) is 13.5 Å². The smallest absolute Gasteiger partial charge is 0.355 e. The minimum absolute atomic E-state index is 0.0164. The lowest BCUT2D eigenvalue weighted by atomic mass is 10.2. The number of rotatable bonds is 9. The molecule has 1 heterocycles. The van der Waals surface area contributed by atoms with Gasteiger partial charge >= 0.3 is 18.2 Å². The van der Waals surface area contributed by atoms with Crippen LogP contribution in [0.4, 0.5) is 13.2 Å². The van der Waals surface area contributed by atoms with Crippen LogP contribution in [0.2, 0.25) is 5.02 Å². The van der Waals surface area contributed by atoms with Crippen molar-refractivity contribution in [2.75, 3.05) is 19.8 Å². The van der Waals surface area contributed by atoms with E-state index in [1.54, 1.807) is 6.92 Å². The zero-order valence-corrected chi connectivity index (χ0v) is 16.6. The van der Waals surface area contributed by atoms with Crippen molar-refractivity contribution in [3.63, 3.8) is 0 Å². The van der Waals surface area contributed by atoms with Crippen LogP contribution in [-0.2, 0) is 14.3 Å². The Balaban J connectivity index is 2.27. The van der Waals surface area contributed by atoms with E-state index in [0.29, 0.717) is 11.3 Å². The van der Waals surface area contributed by atoms with Crippen LogP contribution in [0.5, 0.6) is 5.75 Å². The molecule has 160 valence electrons. The van der Waals surface area contributed by atoms with Gasteiger partial charge in [0.2, 0.25) is 0 Å². The van der Waals surface area contributed by atoms with E-state index in [9.17, 15) is 22.8 Å². The van der Waals surface area contributed by atoms with E-state index in [0.717, 1.165) is 12.1 Å². The van der Waals surface area contributed by atoms with Gasteiger partial charge < -0.3 is 14.2 Å². The molecule has 2 aromatic rings. The molecular formula is C17H19ClF3N3O5. The van der Waals surface area contributed by atoms with E-state index in [1.807, 2.05) is 0 Å². The second-order valence-corrected chi connectivity index (χ2v) is 6.15. The zero-order valence-electron chi connectivity index (χ0n) is 15.8. The van der Waals surface area contributed by atoms with Gasteiger partial charge in [0.05, 0.1) is 11.6 Å². The summed E-state index contributed by atoms with van der Waals surface area (Å²) in [5.74, 6) is -2.18. The average molecular weight is 438 g/mol. The molecule has 1 unspecified atom stereocenters. The first kappa shape index (κ1) is 22.8. The van der Waals surface area contributed by atoms with Crippen molar-refractivity contribution in [2.24, 2.45) is 0 Å². The van der Waals surface area contributed by atoms with Crippen molar-refractivity contribution < 1.29 is 32.2 Å². The van der Waals surface area contributed by atoms with Crippen molar-refractivity contribution >= 4 is 17.6 Å². The third-order valence-electron chi connectivity index (χ3n) is 3.72. The monoisotopic (exact) mass is 437 g/mol. The predicted octanol–water partition coefficient (Wildman–Crippen LogP) is 2.88. The minimum atomic E-state index is -3.14. The van der Waals surface area contributed by atoms with Crippen molar-refractivity contribution in [2.45, 2.75) is 33.4 Å². The number of carbonyl (C=O) groups is 1. The Kier molecular flexibility index (Phi) is 7.68. The number of alkyl halides is 2. The highest BCUT2D eigenvalue weighted by Crippen LogP contribution is 2.30. The Labute approximate surface area is 168 Å². The molecule has 0 bridgehead atoms. The standard InChI is InChI=1S/C17H19ClF3N3O5/c1-4-27-5-6-28-15(25)9(2)29-14-8-13(12(19)7-11(14)18)24-17(26)23(16(20)21)10(3)22-24/h7-9,16H,4-6H2,1-3H3. The Morgan fingerprint density at radius 1 is 1.31 bits per heavy atom. The molecule has 0 aliphatic rings. The highest BCUT2D eigenvalue weighted by atomic mass is 35.5. The summed E-state index contributed by atoms with van der Waals surface area (Å²) in [7, 11) is 0. The van der Waals surface area contributed by atoms with Crippen LogP contribution < -0.4 is 10.4 Å². The van der Waals surface area contributed by atoms with Crippen molar-refractivity contribution in [1.29, 1.82) is 0 Å². The number of carbonyl (C=O) groups excluding carboxylic acids is 1. The maximum absolute atomic E-state index is 14.3. The lowest BCUT2D eigenvalue weighted by Gasteiger charge is -2.16. The highest BCUT2D eigenvalue weighted by Gasteiger charge is 2.23. The molecule has 0 radical (unpaired) electrons. The molecule has 2 rings (SSSR count). The SMILES string of the molecule is CCOCCOC(=O)C(C)Oc1cc(-n2nc(C)n(C(F)F)c2=O)c(F)cc1Cl. The van der Waals surface area contributed by atoms with Crippen LogP contribution in [-0.4, -0.2) is 46.2 Å². The maximum atomic E-state index is 14.3. The summed E-state index contributed by atoms with van der Waals surface area (Å²) in [5, 5.41) is 3.45. The molecule has 1 atom stereocenters. The fourth-order valence-corrected chi connectivity index (χ4v) is 2.53. The summed E-state index contributed by atoms with van der Waals surface area (Å²) < 4.78 is 56.3. The summed E-state index contributed by atoms with van der Waals surface area (Å²) in [6, 6.07) is 1.81. The van der Waals surface area contributed by atoms with Crippen LogP contribution >= 0.6 is 11.6 Å². The number of hydrogen-bond acceptors (Lipinski definition) is 6. The van der Waals surface area contributed by atoms with E-state index in [-0.39, 0.29) is 34.4 Å². The first-order valence-corrected chi connectivity index (χ1v) is 8.91. The molecule has 8 nitrogen and oxygen atoms in total. The van der Waals surface area contributed by atoms with Crippen molar-refractivity contribution in [3.05, 3.63) is 39.3 Å². The first-order chi connectivity index (χ1) is 13.7. The number of ether oxygens (including phenoxy) is 3. The third kappa shape index (κ3) is 5.30. The van der Waals surface area contributed by atoms with Gasteiger partial charge in [-0.1, -0.05) is 11.6 Å². The Bertz CT molecular complexity index is 932. The number of benzene rings is 1. The molecule has 0 aliphatic carbocycles. The second kappa shape index (κ2) is 9.79. The molecule has 0 aliphatic heterocycles. The molecule has 0 N–H and O–H groups in total. The molecule has 1 aromatic carbocycles. The van der Waals surface area contributed by atoms with Gasteiger partial charge in [0.25, 0.3) is 0 Å². The lowest BCUT2D eigenvalue weighted by Crippen LogP contribution is -2.28. The quantitative estimate of drug-likeness (QED) is 0.443. The first-order valence-electron chi connectivity index (χ1n) is 8.54. The van der Waals surface area contributed by atoms with E-state index < -0.39 is 35.8 Å². The largest absolute Gasteiger partial charge is 0.477 e. The number of aromatic nitrogens is 3. The highest BCUT2D eigenvalue weighted by molar-refractivity contribution is 6.32. The lowest BCUT2D eigenvalue weighted by molar-refractivity contribution is -0.152. The topological polar surface area (TPSA) is 84.6 Å². The Morgan fingerprint density at radius 2 is 2.00 bits per heavy atom. The number of nitrogens with zero attached hydrogens (tertiary/aromatic N) is 3. The summed E-state index contributed by atoms with van der Waals surface area (Å²) in [6.45, 7) is 1.90. The summed E-state index contributed by atoms with van der Waals surface area (Å²) in [6.07, 6.45) is -1.12. The van der Waals surface area contributed by atoms with Crippen LogP contribution in [0.15, 0.2) is 16.9 Å². The molecule has 0 saturated carbocycles. The number of aryl methyl sites for hydroxylation is 1.